The van der Waals surface area contributed by atoms with Crippen LogP contribution in [0.5, 0.6) is 11.5 Å². The fraction of sp³-hybridized carbons (Fsp3) is 0.348. The van der Waals surface area contributed by atoms with E-state index in [0.717, 1.165) is 17.0 Å². The summed E-state index contributed by atoms with van der Waals surface area (Å²) in [7, 11) is 4.33. The van der Waals surface area contributed by atoms with Crippen molar-refractivity contribution in [3.05, 3.63) is 47.0 Å². The number of alkyl halides is 3. The van der Waals surface area contributed by atoms with Gasteiger partial charge in [-0.2, -0.15) is 13.2 Å². The van der Waals surface area contributed by atoms with Crippen LogP contribution in [0.15, 0.2) is 36.4 Å². The summed E-state index contributed by atoms with van der Waals surface area (Å²) in [6.45, 7) is -0.336. The molecule has 0 aromatic heterocycles. The summed E-state index contributed by atoms with van der Waals surface area (Å²) < 4.78 is 49.6. The minimum atomic E-state index is -4.68. The Morgan fingerprint density at radius 1 is 1.17 bits per heavy atom. The van der Waals surface area contributed by atoms with Crippen LogP contribution < -0.4 is 19.7 Å². The van der Waals surface area contributed by atoms with Gasteiger partial charge in [0, 0.05) is 31.8 Å². The topological polar surface area (TPSA) is 88.2 Å². The molecule has 1 atom stereocenters. The number of halogens is 4. The van der Waals surface area contributed by atoms with Crippen molar-refractivity contribution in [2.75, 3.05) is 44.6 Å². The maximum atomic E-state index is 13.0. The van der Waals surface area contributed by atoms with Crippen LogP contribution >= 0.6 is 11.6 Å². The summed E-state index contributed by atoms with van der Waals surface area (Å²) in [5.41, 5.74) is -0.710. The second kappa shape index (κ2) is 10.4. The number of nitrogens with one attached hydrogen (secondary N) is 1. The van der Waals surface area contributed by atoms with Crippen molar-refractivity contribution in [2.24, 2.45) is 5.92 Å². The van der Waals surface area contributed by atoms with E-state index < -0.39 is 41.0 Å². The molecule has 0 radical (unpaired) electrons. The molecule has 1 aliphatic rings. The van der Waals surface area contributed by atoms with Gasteiger partial charge < -0.3 is 24.6 Å². The third kappa shape index (κ3) is 5.97. The number of carbonyl (C=O) groups is 3. The molecule has 0 spiro atoms. The van der Waals surface area contributed by atoms with Crippen LogP contribution in [0.1, 0.15) is 12.0 Å². The third-order valence-corrected chi connectivity index (χ3v) is 5.79. The molecule has 0 saturated carbocycles. The molecule has 1 saturated heterocycles. The van der Waals surface area contributed by atoms with Crippen LogP contribution in [0, 0.1) is 5.92 Å². The molecule has 1 aliphatic heterocycles. The summed E-state index contributed by atoms with van der Waals surface area (Å²) in [6, 6.07) is 7.92. The molecule has 1 heterocycles. The molecule has 12 heteroatoms. The smallest absolute Gasteiger partial charge is 0.417 e. The number of amides is 3. The van der Waals surface area contributed by atoms with Gasteiger partial charge in [0.25, 0.3) is 0 Å². The van der Waals surface area contributed by atoms with Crippen molar-refractivity contribution in [3.63, 3.8) is 0 Å². The summed E-state index contributed by atoms with van der Waals surface area (Å²) in [6.07, 6.45) is -4.75. The standard InChI is InChI=1S/C23H23ClF3N3O5/c1-29(12-20(31)28-14-4-6-17(24)16(9-14)23(25,26)27)22(33)13-8-21(32)30(11-13)18-7-5-15(34-2)10-19(18)35-3/h4-7,9-10,13H,8,11-12H2,1-3H3,(H,28,31)/t13-/m1/s1. The Bertz CT molecular complexity index is 1140. The molecule has 2 aromatic rings. The number of ether oxygens (including phenoxy) is 2. The Morgan fingerprint density at radius 2 is 1.89 bits per heavy atom. The summed E-state index contributed by atoms with van der Waals surface area (Å²) in [5, 5.41) is 1.84. The highest BCUT2D eigenvalue weighted by atomic mass is 35.5. The van der Waals surface area contributed by atoms with Gasteiger partial charge in [-0.1, -0.05) is 11.6 Å². The molecular formula is C23H23ClF3N3O5. The largest absolute Gasteiger partial charge is 0.497 e. The van der Waals surface area contributed by atoms with Crippen molar-refractivity contribution in [1.29, 1.82) is 0 Å². The molecule has 3 amide bonds. The van der Waals surface area contributed by atoms with Crippen molar-refractivity contribution >= 4 is 40.7 Å². The second-order valence-electron chi connectivity index (χ2n) is 7.88. The van der Waals surface area contributed by atoms with E-state index in [1.807, 2.05) is 0 Å². The molecule has 0 bridgehead atoms. The molecule has 1 N–H and O–H groups in total. The Labute approximate surface area is 204 Å². The molecule has 0 aliphatic carbocycles. The van der Waals surface area contributed by atoms with E-state index in [-0.39, 0.29) is 24.6 Å². The molecule has 1 fully saturated rings. The van der Waals surface area contributed by atoms with Crippen LogP contribution in [0.4, 0.5) is 24.5 Å². The lowest BCUT2D eigenvalue weighted by atomic mass is 10.1. The summed E-state index contributed by atoms with van der Waals surface area (Å²) >= 11 is 5.59. The van der Waals surface area contributed by atoms with Crippen molar-refractivity contribution in [1.82, 2.24) is 4.90 Å². The number of hydrogen-bond acceptors (Lipinski definition) is 5. The number of likely N-dealkylation sites (N-methyl/N-ethyl adjacent to an activating group) is 1. The van der Waals surface area contributed by atoms with Crippen LogP contribution in [0.3, 0.4) is 0 Å². The van der Waals surface area contributed by atoms with Gasteiger partial charge in [0.2, 0.25) is 17.7 Å². The minimum absolute atomic E-state index is 0.0634. The first-order valence-corrected chi connectivity index (χ1v) is 10.8. The average Bonchev–Trinajstić information content (AvgIpc) is 3.19. The first kappa shape index (κ1) is 26.1. The number of nitrogens with zero attached hydrogens (tertiary/aromatic N) is 2. The van der Waals surface area contributed by atoms with E-state index in [2.05, 4.69) is 5.32 Å². The highest BCUT2D eigenvalue weighted by Gasteiger charge is 2.38. The fourth-order valence-corrected chi connectivity index (χ4v) is 3.96. The van der Waals surface area contributed by atoms with Crippen LogP contribution in [-0.4, -0.2) is 57.0 Å². The van der Waals surface area contributed by atoms with Crippen molar-refractivity contribution in [2.45, 2.75) is 12.6 Å². The lowest BCUT2D eigenvalue weighted by Crippen LogP contribution is -2.39. The van der Waals surface area contributed by atoms with E-state index in [1.165, 1.54) is 32.2 Å². The molecule has 0 unspecified atom stereocenters. The number of benzene rings is 2. The van der Waals surface area contributed by atoms with Crippen molar-refractivity contribution in [3.8, 4) is 11.5 Å². The quantitative estimate of drug-likeness (QED) is 0.608. The van der Waals surface area contributed by atoms with E-state index >= 15 is 0 Å². The molecular weight excluding hydrogens is 491 g/mol. The zero-order chi connectivity index (χ0) is 25.9. The highest BCUT2D eigenvalue weighted by molar-refractivity contribution is 6.31. The Balaban J connectivity index is 1.64. The molecule has 3 rings (SSSR count). The normalized spacial score (nSPS) is 15.7. The van der Waals surface area contributed by atoms with Gasteiger partial charge >= 0.3 is 6.18 Å². The predicted octanol–water partition coefficient (Wildman–Crippen LogP) is 3.83. The maximum absolute atomic E-state index is 13.0. The second-order valence-corrected chi connectivity index (χ2v) is 8.29. The number of rotatable bonds is 7. The monoisotopic (exact) mass is 513 g/mol. The Morgan fingerprint density at radius 3 is 2.51 bits per heavy atom. The molecule has 188 valence electrons. The van der Waals surface area contributed by atoms with Crippen LogP contribution in [0.2, 0.25) is 5.02 Å². The highest BCUT2D eigenvalue weighted by Crippen LogP contribution is 2.37. The lowest BCUT2D eigenvalue weighted by Gasteiger charge is -2.22. The average molecular weight is 514 g/mol. The van der Waals surface area contributed by atoms with Crippen molar-refractivity contribution < 1.29 is 37.0 Å². The molecule has 8 nitrogen and oxygen atoms in total. The predicted molar refractivity (Wildman–Crippen MR) is 123 cm³/mol. The first-order valence-electron chi connectivity index (χ1n) is 10.4. The number of anilines is 2. The Hall–Kier alpha value is -3.47. The molecule has 35 heavy (non-hydrogen) atoms. The van der Waals surface area contributed by atoms with E-state index in [4.69, 9.17) is 21.1 Å². The van der Waals surface area contributed by atoms with Gasteiger partial charge in [-0.05, 0) is 30.3 Å². The van der Waals surface area contributed by atoms with Gasteiger partial charge in [-0.25, -0.2) is 0 Å². The maximum Gasteiger partial charge on any atom is 0.417 e. The zero-order valence-electron chi connectivity index (χ0n) is 19.1. The first-order chi connectivity index (χ1) is 16.4. The van der Waals surface area contributed by atoms with Gasteiger partial charge in [0.05, 0.1) is 43.0 Å². The van der Waals surface area contributed by atoms with E-state index in [9.17, 15) is 27.6 Å². The van der Waals surface area contributed by atoms with Crippen LogP contribution in [-0.2, 0) is 20.6 Å². The number of hydrogen-bond donors (Lipinski definition) is 1. The SMILES string of the molecule is COc1ccc(N2C[C@H](C(=O)N(C)CC(=O)Nc3ccc(Cl)c(C(F)(F)F)c3)CC2=O)c(OC)c1. The van der Waals surface area contributed by atoms with E-state index in [0.29, 0.717) is 17.2 Å². The van der Waals surface area contributed by atoms with Gasteiger partial charge in [-0.3, -0.25) is 14.4 Å². The number of carbonyl (C=O) groups excluding carboxylic acids is 3. The van der Waals surface area contributed by atoms with E-state index in [1.54, 1.807) is 18.2 Å². The lowest BCUT2D eigenvalue weighted by molar-refractivity contribution is -0.137. The minimum Gasteiger partial charge on any atom is -0.497 e. The summed E-state index contributed by atoms with van der Waals surface area (Å²) in [5.74, 6) is -1.20. The van der Waals surface area contributed by atoms with Gasteiger partial charge in [-0.15, -0.1) is 0 Å². The fourth-order valence-electron chi connectivity index (χ4n) is 3.74. The third-order valence-electron chi connectivity index (χ3n) is 5.46. The molecule has 2 aromatic carbocycles. The summed E-state index contributed by atoms with van der Waals surface area (Å²) in [4.78, 5) is 40.4. The van der Waals surface area contributed by atoms with Crippen LogP contribution in [0.25, 0.3) is 0 Å². The van der Waals surface area contributed by atoms with Gasteiger partial charge in [0.1, 0.15) is 11.5 Å². The number of methoxy groups -OCH3 is 2. The Kier molecular flexibility index (Phi) is 7.79. The zero-order valence-corrected chi connectivity index (χ0v) is 19.9. The van der Waals surface area contributed by atoms with Gasteiger partial charge in [0.15, 0.2) is 0 Å².